The Morgan fingerprint density at radius 2 is 2.11 bits per heavy atom. The van der Waals surface area contributed by atoms with E-state index < -0.39 is 6.10 Å². The van der Waals surface area contributed by atoms with E-state index in [1.54, 1.807) is 6.92 Å². The van der Waals surface area contributed by atoms with Gasteiger partial charge >= 0.3 is 0 Å². The van der Waals surface area contributed by atoms with Crippen molar-refractivity contribution in [2.24, 2.45) is 17.8 Å². The molecule has 6 heteroatoms. The number of benzene rings is 1. The van der Waals surface area contributed by atoms with Gasteiger partial charge in [0.1, 0.15) is 6.54 Å². The first kappa shape index (κ1) is 18.3. The van der Waals surface area contributed by atoms with E-state index in [-0.39, 0.29) is 18.5 Å². The topological polar surface area (TPSA) is 79.2 Å². The Labute approximate surface area is 160 Å². The summed E-state index contributed by atoms with van der Waals surface area (Å²) < 4.78 is 1.90. The van der Waals surface area contributed by atoms with Crippen molar-refractivity contribution in [1.82, 2.24) is 14.9 Å². The molecule has 5 atom stereocenters. The number of hydrogen-bond donors (Lipinski definition) is 3. The molecular weight excluding hydrogens is 340 g/mol. The van der Waals surface area contributed by atoms with Crippen molar-refractivity contribution in [2.75, 3.05) is 11.9 Å². The average Bonchev–Trinajstić information content (AvgIpc) is 3.34. The monoisotopic (exact) mass is 370 g/mol. The third-order valence-electron chi connectivity index (χ3n) is 6.34. The summed E-state index contributed by atoms with van der Waals surface area (Å²) in [5.74, 6) is 2.95. The molecule has 0 spiro atoms. The van der Waals surface area contributed by atoms with Crippen LogP contribution in [-0.4, -0.2) is 39.3 Å². The molecule has 2 saturated carbocycles. The number of anilines is 1. The highest BCUT2D eigenvalue weighted by atomic mass is 16.3. The largest absolute Gasteiger partial charge is 0.392 e. The molecule has 2 aromatic rings. The zero-order chi connectivity index (χ0) is 19.0. The minimum atomic E-state index is -0.482. The Hall–Kier alpha value is -2.08. The lowest BCUT2D eigenvalue weighted by atomic mass is 9.84. The number of imidazole rings is 1. The van der Waals surface area contributed by atoms with E-state index >= 15 is 0 Å². The number of nitrogens with one attached hydrogen (secondary N) is 2. The number of amides is 1. The SMILES string of the molecule is CC(O)CNc1nc2ccccc2n1CC(=O)NC(C)C1CC2CCC1C2. The van der Waals surface area contributed by atoms with Crippen LogP contribution in [-0.2, 0) is 11.3 Å². The van der Waals surface area contributed by atoms with Gasteiger partial charge in [-0.05, 0) is 63.0 Å². The van der Waals surface area contributed by atoms with Crippen LogP contribution in [0.1, 0.15) is 39.5 Å². The molecular formula is C21H30N4O2. The molecule has 1 aromatic heterocycles. The maximum absolute atomic E-state index is 12.8. The van der Waals surface area contributed by atoms with Crippen molar-refractivity contribution in [1.29, 1.82) is 0 Å². The highest BCUT2D eigenvalue weighted by molar-refractivity contribution is 5.83. The number of para-hydroxylation sites is 2. The zero-order valence-electron chi connectivity index (χ0n) is 16.2. The summed E-state index contributed by atoms with van der Waals surface area (Å²) in [5.41, 5.74) is 1.77. The summed E-state index contributed by atoms with van der Waals surface area (Å²) in [6.45, 7) is 4.51. The van der Waals surface area contributed by atoms with Crippen LogP contribution in [0.15, 0.2) is 24.3 Å². The van der Waals surface area contributed by atoms with Crippen molar-refractivity contribution in [3.05, 3.63) is 24.3 Å². The second kappa shape index (κ2) is 7.50. The number of nitrogens with zero attached hydrogens (tertiary/aromatic N) is 2. The van der Waals surface area contributed by atoms with Gasteiger partial charge in [-0.15, -0.1) is 0 Å². The molecule has 4 rings (SSSR count). The summed E-state index contributed by atoms with van der Waals surface area (Å²) in [7, 11) is 0. The van der Waals surface area contributed by atoms with E-state index in [2.05, 4.69) is 22.5 Å². The smallest absolute Gasteiger partial charge is 0.240 e. The Morgan fingerprint density at radius 3 is 2.81 bits per heavy atom. The summed E-state index contributed by atoms with van der Waals surface area (Å²) in [6, 6.07) is 8.03. The fourth-order valence-corrected chi connectivity index (χ4v) is 5.07. The van der Waals surface area contributed by atoms with Crippen LogP contribution in [0.3, 0.4) is 0 Å². The second-order valence-electron chi connectivity index (χ2n) is 8.44. The number of rotatable bonds is 7. The number of aliphatic hydroxyl groups is 1. The summed E-state index contributed by atoms with van der Waals surface area (Å²) in [4.78, 5) is 17.4. The van der Waals surface area contributed by atoms with E-state index in [0.717, 1.165) is 22.9 Å². The van der Waals surface area contributed by atoms with Gasteiger partial charge in [-0.3, -0.25) is 4.79 Å². The number of aromatic nitrogens is 2. The van der Waals surface area contributed by atoms with Crippen LogP contribution >= 0.6 is 0 Å². The molecule has 0 saturated heterocycles. The van der Waals surface area contributed by atoms with Gasteiger partial charge in [0.25, 0.3) is 0 Å². The minimum absolute atomic E-state index is 0.0218. The van der Waals surface area contributed by atoms with E-state index in [0.29, 0.717) is 18.4 Å². The Kier molecular flexibility index (Phi) is 5.08. The van der Waals surface area contributed by atoms with Crippen LogP contribution < -0.4 is 10.6 Å². The molecule has 1 aromatic carbocycles. The third kappa shape index (κ3) is 3.81. The van der Waals surface area contributed by atoms with Gasteiger partial charge in [-0.25, -0.2) is 4.98 Å². The van der Waals surface area contributed by atoms with E-state index in [1.807, 2.05) is 28.8 Å². The maximum atomic E-state index is 12.8. The molecule has 6 nitrogen and oxygen atoms in total. The lowest BCUT2D eigenvalue weighted by Crippen LogP contribution is -2.41. The second-order valence-corrected chi connectivity index (χ2v) is 8.44. The standard InChI is InChI=1S/C21H30N4O2/c1-13(26)11-22-21-24-18-5-3-4-6-19(18)25(21)12-20(27)23-14(2)17-10-15-7-8-16(17)9-15/h3-6,13-17,26H,7-12H2,1-2H3,(H,22,24)(H,23,27). The van der Waals surface area contributed by atoms with E-state index in [4.69, 9.17) is 0 Å². The molecule has 146 valence electrons. The van der Waals surface area contributed by atoms with Crippen LogP contribution in [0.4, 0.5) is 5.95 Å². The first-order chi connectivity index (χ1) is 13.0. The van der Waals surface area contributed by atoms with E-state index in [9.17, 15) is 9.90 Å². The molecule has 2 fully saturated rings. The first-order valence-electron chi connectivity index (χ1n) is 10.2. The quantitative estimate of drug-likeness (QED) is 0.700. The lowest BCUT2D eigenvalue weighted by molar-refractivity contribution is -0.122. The zero-order valence-corrected chi connectivity index (χ0v) is 16.2. The Bertz CT molecular complexity index is 816. The summed E-state index contributed by atoms with van der Waals surface area (Å²) in [5, 5.41) is 16.0. The van der Waals surface area contributed by atoms with Crippen LogP contribution in [0.5, 0.6) is 0 Å². The number of carbonyl (C=O) groups excluding carboxylic acids is 1. The predicted molar refractivity (Wildman–Crippen MR) is 106 cm³/mol. The molecule has 0 radical (unpaired) electrons. The molecule has 27 heavy (non-hydrogen) atoms. The maximum Gasteiger partial charge on any atom is 0.240 e. The van der Waals surface area contributed by atoms with Gasteiger partial charge in [0.15, 0.2) is 0 Å². The van der Waals surface area contributed by atoms with Crippen molar-refractivity contribution in [2.45, 2.75) is 58.2 Å². The minimum Gasteiger partial charge on any atom is -0.392 e. The average molecular weight is 370 g/mol. The third-order valence-corrected chi connectivity index (χ3v) is 6.34. The van der Waals surface area contributed by atoms with Gasteiger partial charge in [0.2, 0.25) is 11.9 Å². The number of carbonyl (C=O) groups is 1. The molecule has 2 aliphatic rings. The number of hydrogen-bond acceptors (Lipinski definition) is 4. The molecule has 2 bridgehead atoms. The van der Waals surface area contributed by atoms with Gasteiger partial charge in [0, 0.05) is 12.6 Å². The highest BCUT2D eigenvalue weighted by Gasteiger charge is 2.42. The van der Waals surface area contributed by atoms with Crippen molar-refractivity contribution in [3.63, 3.8) is 0 Å². The molecule has 1 heterocycles. The molecule has 0 aliphatic heterocycles. The Balaban J connectivity index is 1.46. The summed E-state index contributed by atoms with van der Waals surface area (Å²) in [6.07, 6.45) is 4.84. The Morgan fingerprint density at radius 1 is 1.30 bits per heavy atom. The van der Waals surface area contributed by atoms with Crippen LogP contribution in [0.2, 0.25) is 0 Å². The van der Waals surface area contributed by atoms with Crippen molar-refractivity contribution < 1.29 is 9.90 Å². The van der Waals surface area contributed by atoms with Gasteiger partial charge in [0.05, 0.1) is 17.1 Å². The normalized spacial score (nSPS) is 26.3. The lowest BCUT2D eigenvalue weighted by Gasteiger charge is -2.28. The van der Waals surface area contributed by atoms with Crippen molar-refractivity contribution in [3.8, 4) is 0 Å². The fourth-order valence-electron chi connectivity index (χ4n) is 5.07. The van der Waals surface area contributed by atoms with Crippen molar-refractivity contribution >= 4 is 22.9 Å². The van der Waals surface area contributed by atoms with Gasteiger partial charge in [-0.2, -0.15) is 0 Å². The highest BCUT2D eigenvalue weighted by Crippen LogP contribution is 2.49. The van der Waals surface area contributed by atoms with Gasteiger partial charge in [-0.1, -0.05) is 18.6 Å². The van der Waals surface area contributed by atoms with Crippen LogP contribution in [0.25, 0.3) is 11.0 Å². The number of fused-ring (bicyclic) bond motifs is 3. The first-order valence-corrected chi connectivity index (χ1v) is 10.2. The molecule has 1 amide bonds. The predicted octanol–water partition coefficient (Wildman–Crippen LogP) is 2.77. The molecule has 3 N–H and O–H groups in total. The van der Waals surface area contributed by atoms with E-state index in [1.165, 1.54) is 25.7 Å². The van der Waals surface area contributed by atoms with Gasteiger partial charge < -0.3 is 20.3 Å². The molecule has 2 aliphatic carbocycles. The number of aliphatic hydroxyl groups excluding tert-OH is 1. The fraction of sp³-hybridized carbons (Fsp3) is 0.619. The molecule has 5 unspecified atom stereocenters. The van der Waals surface area contributed by atoms with Crippen LogP contribution in [0, 0.1) is 17.8 Å². The summed E-state index contributed by atoms with van der Waals surface area (Å²) >= 11 is 0.